The number of rotatable bonds is 5. The highest BCUT2D eigenvalue weighted by molar-refractivity contribution is 8.18. The minimum atomic E-state index is -0.449. The molecule has 146 valence electrons. The van der Waals surface area contributed by atoms with E-state index in [0.29, 0.717) is 38.8 Å². The highest BCUT2D eigenvalue weighted by atomic mass is 32.2. The van der Waals surface area contributed by atoms with E-state index in [1.165, 1.54) is 35.2 Å². The molecule has 3 aromatic rings. The minimum Gasteiger partial charge on any atom is -0.457 e. The van der Waals surface area contributed by atoms with Gasteiger partial charge in [0.25, 0.3) is 11.6 Å². The number of thioether (sulfide) groups is 1. The van der Waals surface area contributed by atoms with Crippen molar-refractivity contribution in [1.82, 2.24) is 9.88 Å². The van der Waals surface area contributed by atoms with Gasteiger partial charge < -0.3 is 4.42 Å². The molecule has 0 spiro atoms. The lowest BCUT2D eigenvalue weighted by atomic mass is 10.1. The molecule has 2 aromatic heterocycles. The Morgan fingerprint density at radius 1 is 1.28 bits per heavy atom. The molecule has 29 heavy (non-hydrogen) atoms. The van der Waals surface area contributed by atoms with E-state index >= 15 is 0 Å². The molecule has 4 rings (SSSR count). The van der Waals surface area contributed by atoms with Gasteiger partial charge in [0, 0.05) is 41.9 Å². The van der Waals surface area contributed by atoms with Crippen LogP contribution in [0.2, 0.25) is 0 Å². The molecule has 0 unspecified atom stereocenters. The first-order chi connectivity index (χ1) is 14.0. The van der Waals surface area contributed by atoms with Gasteiger partial charge in [-0.1, -0.05) is 0 Å². The maximum absolute atomic E-state index is 12.7. The molecular weight excluding hydrogens is 412 g/mol. The summed E-state index contributed by atoms with van der Waals surface area (Å²) in [7, 11) is 0. The number of hydrogen-bond acceptors (Lipinski definition) is 8. The van der Waals surface area contributed by atoms with Crippen molar-refractivity contribution in [2.75, 3.05) is 6.54 Å². The summed E-state index contributed by atoms with van der Waals surface area (Å²) >= 11 is 2.68. The molecule has 0 aliphatic carbocycles. The molecule has 0 radical (unpaired) electrons. The van der Waals surface area contributed by atoms with E-state index in [1.807, 2.05) is 12.3 Å². The van der Waals surface area contributed by atoms with Crippen LogP contribution in [0.5, 0.6) is 0 Å². The van der Waals surface area contributed by atoms with Gasteiger partial charge in [-0.15, -0.1) is 11.3 Å². The molecular formula is C19H14N4O4S2. The van der Waals surface area contributed by atoms with Crippen molar-refractivity contribution in [3.8, 4) is 11.3 Å². The molecule has 0 bridgehead atoms. The van der Waals surface area contributed by atoms with Crippen molar-refractivity contribution >= 4 is 51.1 Å². The topological polar surface area (TPSA) is 102 Å². The summed E-state index contributed by atoms with van der Waals surface area (Å²) in [6, 6.07) is 9.62. The number of aromatic nitrogens is 1. The average Bonchev–Trinajstić information content (AvgIpc) is 3.45. The van der Waals surface area contributed by atoms with Gasteiger partial charge in [0.2, 0.25) is 5.13 Å². The molecule has 1 fully saturated rings. The fourth-order valence-electron chi connectivity index (χ4n) is 2.69. The van der Waals surface area contributed by atoms with E-state index in [9.17, 15) is 14.9 Å². The second kappa shape index (κ2) is 8.02. The lowest BCUT2D eigenvalue weighted by molar-refractivity contribution is -0.384. The van der Waals surface area contributed by atoms with Crippen LogP contribution in [0.1, 0.15) is 12.7 Å². The van der Waals surface area contributed by atoms with Crippen LogP contribution < -0.4 is 0 Å². The quantitative estimate of drug-likeness (QED) is 0.325. The third-order valence-electron chi connectivity index (χ3n) is 4.08. The monoisotopic (exact) mass is 426 g/mol. The Morgan fingerprint density at radius 3 is 2.72 bits per heavy atom. The summed E-state index contributed by atoms with van der Waals surface area (Å²) in [6.07, 6.45) is 3.34. The van der Waals surface area contributed by atoms with Gasteiger partial charge >= 0.3 is 0 Å². The molecule has 10 heteroatoms. The number of thiazole rings is 1. The van der Waals surface area contributed by atoms with Gasteiger partial charge in [0.1, 0.15) is 11.5 Å². The zero-order valence-electron chi connectivity index (χ0n) is 15.1. The van der Waals surface area contributed by atoms with E-state index in [4.69, 9.17) is 4.42 Å². The van der Waals surface area contributed by atoms with Crippen LogP contribution in [0, 0.1) is 10.1 Å². The molecule has 1 aromatic carbocycles. The van der Waals surface area contributed by atoms with Gasteiger partial charge in [-0.3, -0.25) is 19.8 Å². The summed E-state index contributed by atoms with van der Waals surface area (Å²) in [5.41, 5.74) is 0.731. The number of likely N-dealkylation sites (N-methyl/N-ethyl adjacent to an activating group) is 1. The van der Waals surface area contributed by atoms with Crippen LogP contribution in [-0.4, -0.2) is 32.4 Å². The summed E-state index contributed by atoms with van der Waals surface area (Å²) < 4.78 is 5.81. The number of hydrogen-bond donors (Lipinski definition) is 0. The minimum absolute atomic E-state index is 0.0160. The van der Waals surface area contributed by atoms with Crippen LogP contribution in [0.15, 0.2) is 62.3 Å². The van der Waals surface area contributed by atoms with Crippen LogP contribution in [0.25, 0.3) is 17.4 Å². The Morgan fingerprint density at radius 2 is 2.07 bits per heavy atom. The van der Waals surface area contributed by atoms with E-state index in [-0.39, 0.29) is 11.6 Å². The van der Waals surface area contributed by atoms with Crippen molar-refractivity contribution < 1.29 is 14.1 Å². The Labute approximate surface area is 173 Å². The predicted octanol–water partition coefficient (Wildman–Crippen LogP) is 4.94. The molecule has 3 heterocycles. The maximum atomic E-state index is 12.7. The first kappa shape index (κ1) is 19.1. The van der Waals surface area contributed by atoms with Crippen molar-refractivity contribution in [3.05, 3.63) is 68.8 Å². The molecule has 0 N–H and O–H groups in total. The van der Waals surface area contributed by atoms with Gasteiger partial charge in [-0.2, -0.15) is 4.99 Å². The lowest BCUT2D eigenvalue weighted by Crippen LogP contribution is -2.28. The van der Waals surface area contributed by atoms with E-state index in [0.717, 1.165) is 0 Å². The van der Waals surface area contributed by atoms with Crippen LogP contribution in [0.3, 0.4) is 0 Å². The van der Waals surface area contributed by atoms with Crippen molar-refractivity contribution in [1.29, 1.82) is 0 Å². The average molecular weight is 426 g/mol. The molecule has 1 aliphatic rings. The lowest BCUT2D eigenvalue weighted by Gasteiger charge is -2.11. The Balaban J connectivity index is 1.58. The largest absolute Gasteiger partial charge is 0.457 e. The van der Waals surface area contributed by atoms with Crippen molar-refractivity contribution in [2.45, 2.75) is 6.92 Å². The fourth-order valence-corrected chi connectivity index (χ4v) is 4.27. The summed E-state index contributed by atoms with van der Waals surface area (Å²) in [5.74, 6) is 0.938. The standard InChI is InChI=1S/C19H14N4O4S2/c1-2-22-17(24)16(29-19(22)21-18-20-9-10-28-18)11-14-7-8-15(27-14)12-3-5-13(6-4-12)23(25)26/h3-11H,2H2,1H3/b16-11+,21-19+. The summed E-state index contributed by atoms with van der Waals surface area (Å²) in [4.78, 5) is 33.7. The molecule has 0 atom stereocenters. The number of carbonyl (C=O) groups is 1. The van der Waals surface area contributed by atoms with Crippen molar-refractivity contribution in [2.24, 2.45) is 4.99 Å². The number of benzene rings is 1. The highest BCUT2D eigenvalue weighted by Crippen LogP contribution is 2.35. The third-order valence-corrected chi connectivity index (χ3v) is 5.75. The van der Waals surface area contributed by atoms with Crippen LogP contribution in [-0.2, 0) is 4.79 Å². The second-order valence-corrected chi connectivity index (χ2v) is 7.76. The molecule has 1 aliphatic heterocycles. The Bertz CT molecular complexity index is 1120. The highest BCUT2D eigenvalue weighted by Gasteiger charge is 2.32. The smallest absolute Gasteiger partial charge is 0.269 e. The van der Waals surface area contributed by atoms with Gasteiger partial charge in [-0.05, 0) is 43.0 Å². The fraction of sp³-hybridized carbons (Fsp3) is 0.105. The number of carbonyl (C=O) groups excluding carboxylic acids is 1. The SMILES string of the molecule is CCN1C(=O)/C(=C\c2ccc(-c3ccc([N+](=O)[O-])cc3)o2)S/C1=N/c1nccs1. The number of amides is 1. The number of nitrogens with zero attached hydrogens (tertiary/aromatic N) is 4. The predicted molar refractivity (Wildman–Crippen MR) is 113 cm³/mol. The third kappa shape index (κ3) is 3.98. The normalized spacial score (nSPS) is 16.9. The van der Waals surface area contributed by atoms with Crippen LogP contribution >= 0.6 is 23.1 Å². The Kier molecular flexibility index (Phi) is 5.28. The Hall–Kier alpha value is -3.24. The summed E-state index contributed by atoms with van der Waals surface area (Å²) in [6.45, 7) is 2.39. The molecule has 8 nitrogen and oxygen atoms in total. The zero-order valence-corrected chi connectivity index (χ0v) is 16.8. The zero-order chi connectivity index (χ0) is 20.4. The van der Waals surface area contributed by atoms with Crippen molar-refractivity contribution in [3.63, 3.8) is 0 Å². The molecule has 0 saturated carbocycles. The molecule has 1 saturated heterocycles. The second-order valence-electron chi connectivity index (χ2n) is 5.88. The number of furan rings is 1. The van der Waals surface area contributed by atoms with Crippen LogP contribution in [0.4, 0.5) is 10.8 Å². The maximum Gasteiger partial charge on any atom is 0.269 e. The van der Waals surface area contributed by atoms with Gasteiger partial charge in [-0.25, -0.2) is 4.98 Å². The first-order valence-corrected chi connectivity index (χ1v) is 10.3. The van der Waals surface area contributed by atoms with E-state index in [2.05, 4.69) is 9.98 Å². The number of aliphatic imine (C=N–C) groups is 1. The first-order valence-electron chi connectivity index (χ1n) is 8.59. The van der Waals surface area contributed by atoms with Gasteiger partial charge in [0.15, 0.2) is 5.17 Å². The number of amidine groups is 1. The summed E-state index contributed by atoms with van der Waals surface area (Å²) in [5, 5.41) is 13.8. The van der Waals surface area contributed by atoms with Gasteiger partial charge in [0.05, 0.1) is 9.83 Å². The molecule has 1 amide bonds. The number of nitro groups is 1. The van der Waals surface area contributed by atoms with E-state index in [1.54, 1.807) is 41.4 Å². The number of non-ortho nitro benzene ring substituents is 1. The number of nitro benzene ring substituents is 1. The van der Waals surface area contributed by atoms with E-state index < -0.39 is 4.92 Å².